The van der Waals surface area contributed by atoms with Crippen molar-refractivity contribution in [2.24, 2.45) is 4.99 Å². The number of benzene rings is 2. The molecule has 140 valence electrons. The summed E-state index contributed by atoms with van der Waals surface area (Å²) in [5.74, 6) is 1.19. The Kier molecular flexibility index (Phi) is 4.93. The maximum atomic E-state index is 12.1. The summed E-state index contributed by atoms with van der Waals surface area (Å²) in [5, 5.41) is 0. The fraction of sp³-hybridized carbons (Fsp3) is 0.0909. The minimum atomic E-state index is -0.533. The van der Waals surface area contributed by atoms with E-state index in [4.69, 9.17) is 18.6 Å². The number of hydrogen-bond donors (Lipinski definition) is 0. The number of carbonyl (C=O) groups excluding carboxylic acids is 1. The zero-order valence-corrected chi connectivity index (χ0v) is 15.1. The van der Waals surface area contributed by atoms with Crippen LogP contribution in [0, 0.1) is 0 Å². The smallest absolute Gasteiger partial charge is 0.363 e. The van der Waals surface area contributed by atoms with E-state index < -0.39 is 5.97 Å². The molecule has 1 aromatic heterocycles. The SMILES string of the molecule is COc1ccc(/C=C2\N=C(c3ccco3)OC2=O)cc1OCc1ccccc1. The fourth-order valence-corrected chi connectivity index (χ4v) is 2.70. The molecule has 0 saturated carbocycles. The third-order valence-electron chi connectivity index (χ3n) is 4.08. The van der Waals surface area contributed by atoms with Crippen LogP contribution >= 0.6 is 0 Å². The Morgan fingerprint density at radius 3 is 2.64 bits per heavy atom. The van der Waals surface area contributed by atoms with E-state index in [1.807, 2.05) is 36.4 Å². The first kappa shape index (κ1) is 17.6. The number of carbonyl (C=O) groups is 1. The summed E-state index contributed by atoms with van der Waals surface area (Å²) in [6, 6.07) is 18.6. The molecular weight excluding hydrogens is 358 g/mol. The summed E-state index contributed by atoms with van der Waals surface area (Å²) in [5.41, 5.74) is 1.96. The molecule has 0 saturated heterocycles. The van der Waals surface area contributed by atoms with Gasteiger partial charge in [0.05, 0.1) is 13.4 Å². The fourth-order valence-electron chi connectivity index (χ4n) is 2.70. The van der Waals surface area contributed by atoms with Gasteiger partial charge in [0.25, 0.3) is 5.90 Å². The molecule has 0 aliphatic carbocycles. The first-order valence-electron chi connectivity index (χ1n) is 8.64. The van der Waals surface area contributed by atoms with Gasteiger partial charge in [0.15, 0.2) is 23.0 Å². The predicted octanol–water partition coefficient (Wildman–Crippen LogP) is 4.21. The van der Waals surface area contributed by atoms with Crippen LogP contribution in [0.1, 0.15) is 16.9 Å². The molecule has 2 heterocycles. The molecule has 2 aromatic carbocycles. The lowest BCUT2D eigenvalue weighted by atomic mass is 10.1. The number of rotatable bonds is 6. The molecule has 0 amide bonds. The monoisotopic (exact) mass is 375 g/mol. The molecule has 1 aliphatic heterocycles. The molecule has 6 nitrogen and oxygen atoms in total. The van der Waals surface area contributed by atoms with Crippen molar-refractivity contribution in [3.8, 4) is 11.5 Å². The molecule has 0 bridgehead atoms. The van der Waals surface area contributed by atoms with Crippen molar-refractivity contribution in [2.45, 2.75) is 6.61 Å². The number of esters is 1. The third-order valence-corrected chi connectivity index (χ3v) is 4.08. The first-order valence-corrected chi connectivity index (χ1v) is 8.64. The maximum absolute atomic E-state index is 12.1. The first-order chi connectivity index (χ1) is 13.7. The summed E-state index contributed by atoms with van der Waals surface area (Å²) >= 11 is 0. The van der Waals surface area contributed by atoms with E-state index in [1.165, 1.54) is 6.26 Å². The molecule has 0 radical (unpaired) electrons. The third kappa shape index (κ3) is 3.81. The average Bonchev–Trinajstić information content (AvgIpc) is 3.38. The molecule has 0 unspecified atom stereocenters. The summed E-state index contributed by atoms with van der Waals surface area (Å²) < 4.78 is 21.7. The molecule has 3 aromatic rings. The maximum Gasteiger partial charge on any atom is 0.363 e. The Morgan fingerprint density at radius 2 is 1.89 bits per heavy atom. The number of methoxy groups -OCH3 is 1. The van der Waals surface area contributed by atoms with E-state index in [2.05, 4.69) is 4.99 Å². The van der Waals surface area contributed by atoms with Crippen LogP contribution < -0.4 is 9.47 Å². The van der Waals surface area contributed by atoms with E-state index in [0.29, 0.717) is 23.9 Å². The zero-order valence-electron chi connectivity index (χ0n) is 15.1. The van der Waals surface area contributed by atoms with Gasteiger partial charge in [-0.1, -0.05) is 36.4 Å². The number of ether oxygens (including phenoxy) is 3. The van der Waals surface area contributed by atoms with Gasteiger partial charge in [0.2, 0.25) is 0 Å². The number of nitrogens with zero attached hydrogens (tertiary/aromatic N) is 1. The largest absolute Gasteiger partial charge is 0.493 e. The molecule has 0 atom stereocenters. The summed E-state index contributed by atoms with van der Waals surface area (Å²) in [6.07, 6.45) is 3.13. The highest BCUT2D eigenvalue weighted by Gasteiger charge is 2.25. The molecule has 28 heavy (non-hydrogen) atoms. The van der Waals surface area contributed by atoms with Crippen molar-refractivity contribution in [2.75, 3.05) is 7.11 Å². The number of aliphatic imine (C=N–C) groups is 1. The van der Waals surface area contributed by atoms with Crippen LogP contribution in [0.5, 0.6) is 11.5 Å². The second-order valence-corrected chi connectivity index (χ2v) is 6.00. The minimum absolute atomic E-state index is 0.148. The molecule has 1 aliphatic rings. The number of cyclic esters (lactones) is 1. The van der Waals surface area contributed by atoms with Crippen LogP contribution in [0.4, 0.5) is 0 Å². The highest BCUT2D eigenvalue weighted by Crippen LogP contribution is 2.30. The van der Waals surface area contributed by atoms with Crippen molar-refractivity contribution >= 4 is 17.9 Å². The number of hydrogen-bond acceptors (Lipinski definition) is 6. The van der Waals surface area contributed by atoms with Gasteiger partial charge in [0, 0.05) is 0 Å². The van der Waals surface area contributed by atoms with Crippen LogP contribution in [0.15, 0.2) is 82.0 Å². The van der Waals surface area contributed by atoms with E-state index in [-0.39, 0.29) is 11.6 Å². The normalized spacial score (nSPS) is 14.7. The summed E-state index contributed by atoms with van der Waals surface area (Å²) in [6.45, 7) is 0.403. The van der Waals surface area contributed by atoms with E-state index >= 15 is 0 Å². The van der Waals surface area contributed by atoms with Gasteiger partial charge in [-0.15, -0.1) is 0 Å². The van der Waals surface area contributed by atoms with Crippen LogP contribution in [0.3, 0.4) is 0 Å². The van der Waals surface area contributed by atoms with E-state index in [0.717, 1.165) is 11.1 Å². The van der Waals surface area contributed by atoms with Crippen LogP contribution in [0.2, 0.25) is 0 Å². The quantitative estimate of drug-likeness (QED) is 0.477. The van der Waals surface area contributed by atoms with Crippen molar-refractivity contribution in [3.05, 3.63) is 89.5 Å². The Balaban J connectivity index is 1.58. The molecule has 6 heteroatoms. The topological polar surface area (TPSA) is 70.3 Å². The Bertz CT molecular complexity index is 1040. The second-order valence-electron chi connectivity index (χ2n) is 6.00. The molecule has 0 fully saturated rings. The average molecular weight is 375 g/mol. The van der Waals surface area contributed by atoms with Gasteiger partial charge >= 0.3 is 5.97 Å². The van der Waals surface area contributed by atoms with Crippen LogP contribution in [-0.4, -0.2) is 19.0 Å². The van der Waals surface area contributed by atoms with E-state index in [1.54, 1.807) is 37.5 Å². The van der Waals surface area contributed by atoms with Gasteiger partial charge in [-0.3, -0.25) is 0 Å². The van der Waals surface area contributed by atoms with Crippen molar-refractivity contribution < 1.29 is 23.4 Å². The van der Waals surface area contributed by atoms with Crippen molar-refractivity contribution in [3.63, 3.8) is 0 Å². The predicted molar refractivity (Wildman–Crippen MR) is 103 cm³/mol. The molecular formula is C22H17NO5. The van der Waals surface area contributed by atoms with Crippen molar-refractivity contribution in [1.82, 2.24) is 0 Å². The minimum Gasteiger partial charge on any atom is -0.493 e. The lowest BCUT2D eigenvalue weighted by Gasteiger charge is -2.11. The molecule has 0 N–H and O–H groups in total. The summed E-state index contributed by atoms with van der Waals surface area (Å²) in [4.78, 5) is 16.3. The Labute approximate surface area is 161 Å². The lowest BCUT2D eigenvalue weighted by Crippen LogP contribution is -2.04. The van der Waals surface area contributed by atoms with Gasteiger partial charge in [-0.2, -0.15) is 0 Å². The molecule has 4 rings (SSSR count). The van der Waals surface area contributed by atoms with E-state index in [9.17, 15) is 4.79 Å². The van der Waals surface area contributed by atoms with Crippen molar-refractivity contribution in [1.29, 1.82) is 0 Å². The van der Waals surface area contributed by atoms with Crippen LogP contribution in [0.25, 0.3) is 6.08 Å². The van der Waals surface area contributed by atoms with Gasteiger partial charge in [-0.25, -0.2) is 9.79 Å². The highest BCUT2D eigenvalue weighted by molar-refractivity contribution is 6.11. The highest BCUT2D eigenvalue weighted by atomic mass is 16.6. The van der Waals surface area contributed by atoms with Gasteiger partial charge < -0.3 is 18.6 Å². The Hall–Kier alpha value is -3.80. The van der Waals surface area contributed by atoms with Gasteiger partial charge in [0.1, 0.15) is 6.61 Å². The molecule has 0 spiro atoms. The summed E-state index contributed by atoms with van der Waals surface area (Å²) in [7, 11) is 1.58. The standard InChI is InChI=1S/C22H17NO5/c1-25-18-10-9-16(13-20(18)27-14-15-6-3-2-4-7-15)12-17-22(24)28-21(23-17)19-8-5-11-26-19/h2-13H,14H2,1H3/b17-12-. The van der Waals surface area contributed by atoms with Gasteiger partial charge in [-0.05, 0) is 41.5 Å². The number of furan rings is 1. The zero-order chi connectivity index (χ0) is 19.3. The second kappa shape index (κ2) is 7.84. The Morgan fingerprint density at radius 1 is 1.04 bits per heavy atom. The van der Waals surface area contributed by atoms with Crippen LogP contribution in [-0.2, 0) is 16.1 Å². The lowest BCUT2D eigenvalue weighted by molar-refractivity contribution is -0.130.